The number of rotatable bonds is 4. The number of benzene rings is 2. The van der Waals surface area contributed by atoms with E-state index in [-0.39, 0.29) is 23.5 Å². The van der Waals surface area contributed by atoms with E-state index < -0.39 is 15.9 Å². The predicted octanol–water partition coefficient (Wildman–Crippen LogP) is 2.75. The van der Waals surface area contributed by atoms with Crippen LogP contribution >= 0.6 is 0 Å². The van der Waals surface area contributed by atoms with Crippen LogP contribution in [0, 0.1) is 6.92 Å². The molecule has 3 aromatic rings. The maximum absolute atomic E-state index is 13.0. The Morgan fingerprint density at radius 3 is 2.64 bits per heavy atom. The third-order valence-corrected chi connectivity index (χ3v) is 6.69. The number of carbonyl (C=O) groups is 1. The first kappa shape index (κ1) is 18.7. The number of nitrogens with one attached hydrogen (secondary N) is 2. The van der Waals surface area contributed by atoms with Crippen LogP contribution < -0.4 is 5.32 Å². The third-order valence-electron chi connectivity index (χ3n) is 4.73. The van der Waals surface area contributed by atoms with Crippen molar-refractivity contribution in [1.82, 2.24) is 9.29 Å². The number of nitrogens with zero attached hydrogens (tertiary/aromatic N) is 1. The van der Waals surface area contributed by atoms with E-state index in [0.717, 1.165) is 16.6 Å². The summed E-state index contributed by atoms with van der Waals surface area (Å²) in [5.74, 6) is -0.459. The molecule has 0 atom stereocenters. The zero-order valence-electron chi connectivity index (χ0n) is 15.4. The molecule has 1 fully saturated rings. The van der Waals surface area contributed by atoms with E-state index in [1.54, 1.807) is 18.2 Å². The summed E-state index contributed by atoms with van der Waals surface area (Å²) in [7, 11) is -3.77. The molecule has 2 heterocycles. The quantitative estimate of drug-likeness (QED) is 0.706. The van der Waals surface area contributed by atoms with Crippen LogP contribution in [0.3, 0.4) is 0 Å². The second-order valence-corrected chi connectivity index (χ2v) is 8.63. The molecule has 8 heteroatoms. The number of morpholine rings is 1. The molecule has 4 rings (SSSR count). The summed E-state index contributed by atoms with van der Waals surface area (Å²) >= 11 is 0. The van der Waals surface area contributed by atoms with Gasteiger partial charge in [-0.05, 0) is 43.3 Å². The van der Waals surface area contributed by atoms with Gasteiger partial charge in [0.25, 0.3) is 5.91 Å². The van der Waals surface area contributed by atoms with Gasteiger partial charge >= 0.3 is 0 Å². The van der Waals surface area contributed by atoms with Gasteiger partial charge in [0, 0.05) is 35.4 Å². The molecule has 1 aliphatic rings. The van der Waals surface area contributed by atoms with Crippen LogP contribution in [0.15, 0.2) is 53.4 Å². The number of amides is 1. The lowest BCUT2D eigenvalue weighted by molar-refractivity contribution is 0.0730. The van der Waals surface area contributed by atoms with E-state index in [1.807, 2.05) is 25.1 Å². The van der Waals surface area contributed by atoms with Gasteiger partial charge in [0.05, 0.1) is 23.7 Å². The minimum absolute atomic E-state index is 0.00738. The molecule has 0 bridgehead atoms. The largest absolute Gasteiger partial charge is 0.379 e. The molecule has 2 aromatic carbocycles. The molecule has 2 N–H and O–H groups in total. The van der Waals surface area contributed by atoms with Crippen LogP contribution in [-0.2, 0) is 14.8 Å². The Bertz CT molecular complexity index is 1130. The number of anilines is 1. The number of aromatic nitrogens is 1. The van der Waals surface area contributed by atoms with E-state index in [0.29, 0.717) is 18.9 Å². The fraction of sp³-hybridized carbons (Fsp3) is 0.250. The summed E-state index contributed by atoms with van der Waals surface area (Å²) in [5, 5.41) is 3.79. The smallest absolute Gasteiger partial charge is 0.257 e. The summed E-state index contributed by atoms with van der Waals surface area (Å²) in [5.41, 5.74) is 2.74. The lowest BCUT2D eigenvalue weighted by atomic mass is 10.2. The molecule has 1 amide bonds. The maximum Gasteiger partial charge on any atom is 0.257 e. The number of fused-ring (bicyclic) bond motifs is 1. The minimum Gasteiger partial charge on any atom is -0.379 e. The van der Waals surface area contributed by atoms with Crippen molar-refractivity contribution in [2.24, 2.45) is 0 Å². The van der Waals surface area contributed by atoms with Crippen LogP contribution in [0.5, 0.6) is 0 Å². The van der Waals surface area contributed by atoms with Crippen molar-refractivity contribution < 1.29 is 17.9 Å². The Hall–Kier alpha value is -2.68. The van der Waals surface area contributed by atoms with Crippen LogP contribution in [0.25, 0.3) is 10.9 Å². The highest BCUT2D eigenvalue weighted by Gasteiger charge is 2.30. The molecule has 1 aromatic heterocycles. The predicted molar refractivity (Wildman–Crippen MR) is 107 cm³/mol. The van der Waals surface area contributed by atoms with E-state index in [1.165, 1.54) is 16.4 Å². The molecule has 28 heavy (non-hydrogen) atoms. The van der Waals surface area contributed by atoms with E-state index >= 15 is 0 Å². The Labute approximate surface area is 163 Å². The average Bonchev–Trinajstić information content (AvgIpc) is 3.08. The molecule has 1 aliphatic heterocycles. The number of aryl methyl sites for hydroxylation is 1. The van der Waals surface area contributed by atoms with Crippen LogP contribution in [-0.4, -0.2) is 49.9 Å². The topological polar surface area (TPSA) is 91.5 Å². The third kappa shape index (κ3) is 3.54. The number of sulfonamides is 1. The fourth-order valence-corrected chi connectivity index (χ4v) is 4.96. The molecule has 0 unspecified atom stereocenters. The summed E-state index contributed by atoms with van der Waals surface area (Å²) in [4.78, 5) is 16.1. The van der Waals surface area contributed by atoms with Gasteiger partial charge in [0.15, 0.2) is 0 Å². The highest BCUT2D eigenvalue weighted by atomic mass is 32.2. The van der Waals surface area contributed by atoms with Crippen LogP contribution in [0.2, 0.25) is 0 Å². The standard InChI is InChI=1S/C20H21N3O4S/c1-14-12-15-13-16(6-7-18(15)21-14)22-20(24)17-4-2-3-5-19(17)28(25,26)23-8-10-27-11-9-23/h2-7,12-13,21H,8-11H2,1H3,(H,22,24). The van der Waals surface area contributed by atoms with Gasteiger partial charge < -0.3 is 15.0 Å². The van der Waals surface area contributed by atoms with Gasteiger partial charge in [-0.15, -0.1) is 0 Å². The first-order valence-corrected chi connectivity index (χ1v) is 10.5. The lowest BCUT2D eigenvalue weighted by Crippen LogP contribution is -2.41. The van der Waals surface area contributed by atoms with Crippen molar-refractivity contribution in [2.45, 2.75) is 11.8 Å². The minimum atomic E-state index is -3.77. The maximum atomic E-state index is 13.0. The molecule has 1 saturated heterocycles. The second kappa shape index (κ2) is 7.38. The number of hydrogen-bond acceptors (Lipinski definition) is 4. The summed E-state index contributed by atoms with van der Waals surface area (Å²) in [6, 6.07) is 13.8. The zero-order chi connectivity index (χ0) is 19.7. The average molecular weight is 399 g/mol. The van der Waals surface area contributed by atoms with Crippen molar-refractivity contribution in [2.75, 3.05) is 31.6 Å². The van der Waals surface area contributed by atoms with Crippen molar-refractivity contribution in [3.8, 4) is 0 Å². The van der Waals surface area contributed by atoms with Gasteiger partial charge in [-0.2, -0.15) is 4.31 Å². The van der Waals surface area contributed by atoms with Gasteiger partial charge in [0.1, 0.15) is 0 Å². The number of hydrogen-bond donors (Lipinski definition) is 2. The molecule has 0 radical (unpaired) electrons. The Morgan fingerprint density at radius 1 is 1.11 bits per heavy atom. The van der Waals surface area contributed by atoms with Crippen molar-refractivity contribution in [1.29, 1.82) is 0 Å². The van der Waals surface area contributed by atoms with Crippen LogP contribution in [0.1, 0.15) is 16.1 Å². The van der Waals surface area contributed by atoms with Crippen molar-refractivity contribution in [3.63, 3.8) is 0 Å². The highest BCUT2D eigenvalue weighted by molar-refractivity contribution is 7.89. The number of H-pyrrole nitrogens is 1. The van der Waals surface area contributed by atoms with Crippen molar-refractivity contribution in [3.05, 3.63) is 59.8 Å². The normalized spacial score (nSPS) is 15.6. The molecular formula is C20H21N3O4S. The number of carbonyl (C=O) groups excluding carboxylic acids is 1. The number of aromatic amines is 1. The molecular weight excluding hydrogens is 378 g/mol. The Kier molecular flexibility index (Phi) is 4.92. The van der Waals surface area contributed by atoms with Crippen LogP contribution in [0.4, 0.5) is 5.69 Å². The Balaban J connectivity index is 1.64. The molecule has 0 aliphatic carbocycles. The molecule has 0 spiro atoms. The molecule has 146 valence electrons. The first-order chi connectivity index (χ1) is 13.4. The van der Waals surface area contributed by atoms with E-state index in [4.69, 9.17) is 4.74 Å². The van der Waals surface area contributed by atoms with E-state index in [2.05, 4.69) is 10.3 Å². The Morgan fingerprint density at radius 2 is 1.86 bits per heavy atom. The van der Waals surface area contributed by atoms with Crippen molar-refractivity contribution >= 4 is 32.5 Å². The summed E-state index contributed by atoms with van der Waals surface area (Å²) < 4.78 is 32.7. The lowest BCUT2D eigenvalue weighted by Gasteiger charge is -2.26. The van der Waals surface area contributed by atoms with Gasteiger partial charge in [-0.1, -0.05) is 12.1 Å². The van der Waals surface area contributed by atoms with Gasteiger partial charge in [-0.25, -0.2) is 8.42 Å². The van der Waals surface area contributed by atoms with Gasteiger partial charge in [0.2, 0.25) is 10.0 Å². The molecule has 0 saturated carbocycles. The molecule has 7 nitrogen and oxygen atoms in total. The first-order valence-electron chi connectivity index (χ1n) is 9.03. The SMILES string of the molecule is Cc1cc2cc(NC(=O)c3ccccc3S(=O)(=O)N3CCOCC3)ccc2[nH]1. The second-order valence-electron chi connectivity index (χ2n) is 6.72. The summed E-state index contributed by atoms with van der Waals surface area (Å²) in [6.45, 7) is 3.22. The highest BCUT2D eigenvalue weighted by Crippen LogP contribution is 2.24. The zero-order valence-corrected chi connectivity index (χ0v) is 16.3. The summed E-state index contributed by atoms with van der Waals surface area (Å²) in [6.07, 6.45) is 0. The van der Waals surface area contributed by atoms with Gasteiger partial charge in [-0.3, -0.25) is 4.79 Å². The number of ether oxygens (including phenoxy) is 1. The fourth-order valence-electron chi connectivity index (χ4n) is 3.36. The monoisotopic (exact) mass is 399 g/mol. The van der Waals surface area contributed by atoms with E-state index in [9.17, 15) is 13.2 Å².